The molecule has 0 aromatic rings. The van der Waals surface area contributed by atoms with Crippen LogP contribution in [0.3, 0.4) is 0 Å². The van der Waals surface area contributed by atoms with E-state index in [0.29, 0.717) is 12.8 Å². The van der Waals surface area contributed by atoms with Crippen LogP contribution in [0.25, 0.3) is 0 Å². The van der Waals surface area contributed by atoms with E-state index in [4.69, 9.17) is 20.8 Å². The first-order valence-electron chi connectivity index (χ1n) is 4.85. The lowest BCUT2D eigenvalue weighted by atomic mass is 9.62. The maximum atomic E-state index is 11.0. The fourth-order valence-electron chi connectivity index (χ4n) is 3.17. The summed E-state index contributed by atoms with van der Waals surface area (Å²) in [5.74, 6) is 0. The van der Waals surface area contributed by atoms with Gasteiger partial charge in [0.2, 0.25) is 0 Å². The van der Waals surface area contributed by atoms with Crippen molar-refractivity contribution in [2.24, 2.45) is 5.41 Å². The Morgan fingerprint density at radius 1 is 1.44 bits per heavy atom. The first-order valence-corrected chi connectivity index (χ1v) is 4.85. The van der Waals surface area contributed by atoms with Crippen molar-refractivity contribution in [1.29, 1.82) is 0 Å². The highest BCUT2D eigenvalue weighted by Gasteiger charge is 2.67. The molecule has 0 radical (unpaired) electrons. The van der Waals surface area contributed by atoms with Crippen molar-refractivity contribution in [3.8, 4) is 0 Å². The summed E-state index contributed by atoms with van der Waals surface area (Å²) in [6.45, 7) is 0.151. The maximum absolute atomic E-state index is 11.0. The van der Waals surface area contributed by atoms with E-state index in [0.717, 1.165) is 0 Å². The summed E-state index contributed by atoms with van der Waals surface area (Å²) in [6.07, 6.45) is -0.172. The van der Waals surface area contributed by atoms with Gasteiger partial charge in [-0.15, -0.1) is 0 Å². The van der Waals surface area contributed by atoms with Crippen LogP contribution >= 0.6 is 0 Å². The van der Waals surface area contributed by atoms with Crippen LogP contribution < -0.4 is 0 Å². The first-order chi connectivity index (χ1) is 7.43. The molecule has 8 nitrogen and oxygen atoms in total. The number of carbonyl (C=O) groups is 1. The molecule has 0 aromatic carbocycles. The largest absolute Gasteiger partial charge is 0.465 e. The van der Waals surface area contributed by atoms with Crippen LogP contribution in [0.5, 0.6) is 0 Å². The molecule has 1 amide bonds. The van der Waals surface area contributed by atoms with Crippen LogP contribution in [0, 0.1) is 5.41 Å². The molecule has 2 saturated heterocycles. The number of hydrogen-bond acceptors (Lipinski definition) is 6. The van der Waals surface area contributed by atoms with Gasteiger partial charge in [-0.1, -0.05) is 5.23 Å². The quantitative estimate of drug-likeness (QED) is 0.402. The third-order valence-electron chi connectivity index (χ3n) is 3.51. The molecule has 2 heterocycles. The Bertz CT molecular complexity index is 301. The smallest absolute Gasteiger partial charge is 0.407 e. The van der Waals surface area contributed by atoms with Crippen molar-refractivity contribution < 1.29 is 30.5 Å². The molecule has 0 unspecified atom stereocenters. The predicted molar refractivity (Wildman–Crippen MR) is 48.0 cm³/mol. The van der Waals surface area contributed by atoms with E-state index in [1.54, 1.807) is 0 Å². The van der Waals surface area contributed by atoms with Crippen molar-refractivity contribution in [3.63, 3.8) is 0 Å². The number of rotatable bonds is 4. The summed E-state index contributed by atoms with van der Waals surface area (Å²) < 4.78 is 0. The van der Waals surface area contributed by atoms with Crippen LogP contribution in [0.1, 0.15) is 12.8 Å². The molecular formula is C8H14N2O6. The average Bonchev–Trinajstić information content (AvgIpc) is 2.53. The van der Waals surface area contributed by atoms with E-state index in [9.17, 15) is 4.79 Å². The average molecular weight is 234 g/mol. The van der Waals surface area contributed by atoms with Crippen LogP contribution in [0.2, 0.25) is 0 Å². The van der Waals surface area contributed by atoms with Gasteiger partial charge in [0.05, 0.1) is 18.7 Å². The Balaban J connectivity index is 2.12. The molecule has 3 fully saturated rings. The summed E-state index contributed by atoms with van der Waals surface area (Å²) in [5.41, 5.74) is -1.16. The highest BCUT2D eigenvalue weighted by atomic mass is 17.1. The van der Waals surface area contributed by atoms with Gasteiger partial charge in [0.1, 0.15) is 0 Å². The molecule has 16 heavy (non-hydrogen) atoms. The van der Waals surface area contributed by atoms with Crippen LogP contribution in [0.15, 0.2) is 0 Å². The van der Waals surface area contributed by atoms with Gasteiger partial charge in [0.15, 0.2) is 0 Å². The zero-order chi connectivity index (χ0) is 12.0. The second kappa shape index (κ2) is 3.54. The van der Waals surface area contributed by atoms with Crippen molar-refractivity contribution >= 4 is 6.09 Å². The van der Waals surface area contributed by atoms with Gasteiger partial charge < -0.3 is 10.0 Å². The molecule has 0 spiro atoms. The highest BCUT2D eigenvalue weighted by molar-refractivity contribution is 5.68. The second-order valence-electron chi connectivity index (χ2n) is 4.75. The minimum absolute atomic E-state index is 0.00494. The maximum Gasteiger partial charge on any atom is 0.407 e. The molecule has 1 saturated carbocycles. The second-order valence-corrected chi connectivity index (χ2v) is 4.75. The van der Waals surface area contributed by atoms with Gasteiger partial charge in [-0.25, -0.2) is 9.68 Å². The molecular weight excluding hydrogens is 220 g/mol. The normalized spacial score (nSPS) is 36.6. The molecule has 0 atom stereocenters. The Morgan fingerprint density at radius 3 is 2.50 bits per heavy atom. The van der Waals surface area contributed by atoms with Crippen molar-refractivity contribution in [2.75, 3.05) is 19.7 Å². The SMILES string of the molecule is O=C(O)N1CC2(COO)CC1(CN(O)O)C2. The lowest BCUT2D eigenvalue weighted by Crippen LogP contribution is -2.57. The van der Waals surface area contributed by atoms with Crippen molar-refractivity contribution in [1.82, 2.24) is 10.1 Å². The topological polar surface area (TPSA) is 114 Å². The third-order valence-corrected chi connectivity index (χ3v) is 3.51. The van der Waals surface area contributed by atoms with Crippen LogP contribution in [-0.4, -0.2) is 62.2 Å². The summed E-state index contributed by atoms with van der Waals surface area (Å²) in [6, 6.07) is 0. The minimum atomic E-state index is -1.10. The summed E-state index contributed by atoms with van der Waals surface area (Å²) >= 11 is 0. The van der Waals surface area contributed by atoms with Crippen molar-refractivity contribution in [3.05, 3.63) is 0 Å². The molecule has 0 aromatic heterocycles. The lowest BCUT2D eigenvalue weighted by molar-refractivity contribution is -0.323. The Hall–Kier alpha value is -0.930. The zero-order valence-corrected chi connectivity index (χ0v) is 8.54. The monoisotopic (exact) mass is 234 g/mol. The molecule has 4 N–H and O–H groups in total. The molecule has 1 aliphatic carbocycles. The Kier molecular flexibility index (Phi) is 2.55. The van der Waals surface area contributed by atoms with E-state index >= 15 is 0 Å². The van der Waals surface area contributed by atoms with Crippen LogP contribution in [-0.2, 0) is 4.89 Å². The Morgan fingerprint density at radius 2 is 2.06 bits per heavy atom. The number of fused-ring (bicyclic) bond motifs is 1. The van der Waals surface area contributed by atoms with Crippen molar-refractivity contribution in [2.45, 2.75) is 18.4 Å². The molecule has 8 heteroatoms. The molecule has 3 rings (SSSR count). The number of hydroxylamine groups is 2. The summed E-state index contributed by atoms with van der Waals surface area (Å²) in [4.78, 5) is 16.3. The first kappa shape index (κ1) is 11.6. The van der Waals surface area contributed by atoms with Gasteiger partial charge in [-0.3, -0.25) is 15.7 Å². The van der Waals surface area contributed by atoms with E-state index in [2.05, 4.69) is 4.89 Å². The number of carboxylic acid groups (broad SMARTS) is 1. The molecule has 92 valence electrons. The van der Waals surface area contributed by atoms with E-state index in [1.807, 2.05) is 0 Å². The van der Waals surface area contributed by atoms with Gasteiger partial charge >= 0.3 is 6.09 Å². The molecule has 3 aliphatic rings. The fraction of sp³-hybridized carbons (Fsp3) is 0.875. The van der Waals surface area contributed by atoms with Gasteiger partial charge in [-0.05, 0) is 12.8 Å². The number of amides is 1. The van der Waals surface area contributed by atoms with E-state index in [-0.39, 0.29) is 30.3 Å². The minimum Gasteiger partial charge on any atom is -0.465 e. The molecule has 2 aliphatic heterocycles. The number of nitrogens with zero attached hydrogens (tertiary/aromatic N) is 2. The van der Waals surface area contributed by atoms with E-state index < -0.39 is 11.6 Å². The van der Waals surface area contributed by atoms with E-state index in [1.165, 1.54) is 4.90 Å². The number of hydrogen-bond donors (Lipinski definition) is 4. The Labute approximate surface area is 91.1 Å². The highest BCUT2D eigenvalue weighted by Crippen LogP contribution is 2.59. The summed E-state index contributed by atoms with van der Waals surface area (Å²) in [5, 5.41) is 35.1. The third kappa shape index (κ3) is 1.55. The fourth-order valence-corrected chi connectivity index (χ4v) is 3.17. The van der Waals surface area contributed by atoms with Gasteiger partial charge in [0.25, 0.3) is 0 Å². The predicted octanol–water partition coefficient (Wildman–Crippen LogP) is 0.0690. The lowest BCUT2D eigenvalue weighted by Gasteiger charge is -2.46. The summed E-state index contributed by atoms with van der Waals surface area (Å²) in [7, 11) is 0. The van der Waals surface area contributed by atoms with Gasteiger partial charge in [-0.2, -0.15) is 0 Å². The zero-order valence-electron chi connectivity index (χ0n) is 8.54. The standard InChI is InChI=1S/C8H14N2O6/c11-6(12)9-3-7(5-16-15)1-8(9,2-7)4-10(13)14/h13-15H,1-5H2,(H,11,12). The van der Waals surface area contributed by atoms with Gasteiger partial charge in [0, 0.05) is 12.0 Å². The molecule has 2 bridgehead atoms. The van der Waals surface area contributed by atoms with Crippen LogP contribution in [0.4, 0.5) is 4.79 Å².